The van der Waals surface area contributed by atoms with E-state index in [2.05, 4.69) is 16.0 Å². The summed E-state index contributed by atoms with van der Waals surface area (Å²) in [7, 11) is 0. The van der Waals surface area contributed by atoms with Gasteiger partial charge in [0.25, 0.3) is 0 Å². The zero-order valence-corrected chi connectivity index (χ0v) is 14.0. The van der Waals surface area contributed by atoms with Gasteiger partial charge in [-0.05, 0) is 24.5 Å². The van der Waals surface area contributed by atoms with Crippen LogP contribution in [0.3, 0.4) is 0 Å². The SMILES string of the molecule is O=C(CCNC(=O)NC1CCCCC1)NCc1ccccc1Cl. The Morgan fingerprint density at radius 3 is 2.57 bits per heavy atom. The summed E-state index contributed by atoms with van der Waals surface area (Å²) in [4.78, 5) is 23.5. The van der Waals surface area contributed by atoms with Crippen LogP contribution >= 0.6 is 11.6 Å². The molecule has 3 N–H and O–H groups in total. The molecule has 126 valence electrons. The third-order valence-corrected chi connectivity index (χ3v) is 4.38. The Morgan fingerprint density at radius 1 is 1.09 bits per heavy atom. The van der Waals surface area contributed by atoms with Gasteiger partial charge in [-0.2, -0.15) is 0 Å². The highest BCUT2D eigenvalue weighted by molar-refractivity contribution is 6.31. The minimum absolute atomic E-state index is 0.108. The highest BCUT2D eigenvalue weighted by Crippen LogP contribution is 2.17. The van der Waals surface area contributed by atoms with E-state index in [0.29, 0.717) is 18.1 Å². The number of carbonyl (C=O) groups is 2. The van der Waals surface area contributed by atoms with Crippen LogP contribution in [0.25, 0.3) is 0 Å². The second-order valence-corrected chi connectivity index (χ2v) is 6.26. The number of amides is 3. The van der Waals surface area contributed by atoms with Crippen LogP contribution in [0.1, 0.15) is 44.1 Å². The molecule has 5 nitrogen and oxygen atoms in total. The van der Waals surface area contributed by atoms with Gasteiger partial charge in [-0.15, -0.1) is 0 Å². The third kappa shape index (κ3) is 6.48. The van der Waals surface area contributed by atoms with Crippen molar-refractivity contribution in [1.29, 1.82) is 0 Å². The van der Waals surface area contributed by atoms with E-state index in [-0.39, 0.29) is 24.4 Å². The Kier molecular flexibility index (Phi) is 7.20. The molecule has 0 aliphatic heterocycles. The number of nitrogens with one attached hydrogen (secondary N) is 3. The fourth-order valence-electron chi connectivity index (χ4n) is 2.70. The summed E-state index contributed by atoms with van der Waals surface area (Å²) in [6, 6.07) is 7.49. The number of carbonyl (C=O) groups excluding carboxylic acids is 2. The minimum atomic E-state index is -0.184. The van der Waals surface area contributed by atoms with Crippen LogP contribution in [0.15, 0.2) is 24.3 Å². The largest absolute Gasteiger partial charge is 0.352 e. The lowest BCUT2D eigenvalue weighted by Crippen LogP contribution is -2.43. The lowest BCUT2D eigenvalue weighted by molar-refractivity contribution is -0.121. The highest BCUT2D eigenvalue weighted by Gasteiger charge is 2.15. The number of halogens is 1. The Morgan fingerprint density at radius 2 is 1.83 bits per heavy atom. The normalized spacial score (nSPS) is 15.0. The zero-order valence-electron chi connectivity index (χ0n) is 13.2. The monoisotopic (exact) mass is 337 g/mol. The fourth-order valence-corrected chi connectivity index (χ4v) is 2.90. The number of hydrogen-bond donors (Lipinski definition) is 3. The smallest absolute Gasteiger partial charge is 0.315 e. The number of urea groups is 1. The molecule has 1 aliphatic carbocycles. The second kappa shape index (κ2) is 9.40. The molecule has 1 aromatic rings. The molecule has 0 bridgehead atoms. The van der Waals surface area contributed by atoms with E-state index in [1.807, 2.05) is 18.2 Å². The Hall–Kier alpha value is -1.75. The lowest BCUT2D eigenvalue weighted by Gasteiger charge is -2.22. The van der Waals surface area contributed by atoms with Crippen LogP contribution in [-0.2, 0) is 11.3 Å². The molecule has 3 amide bonds. The molecular weight excluding hydrogens is 314 g/mol. The molecule has 1 saturated carbocycles. The Labute approximate surface area is 142 Å². The van der Waals surface area contributed by atoms with Crippen molar-refractivity contribution < 1.29 is 9.59 Å². The van der Waals surface area contributed by atoms with Gasteiger partial charge in [0.1, 0.15) is 0 Å². The Balaban J connectivity index is 1.59. The zero-order chi connectivity index (χ0) is 16.5. The maximum atomic E-state index is 11.8. The van der Waals surface area contributed by atoms with Gasteiger partial charge in [-0.3, -0.25) is 4.79 Å². The van der Waals surface area contributed by atoms with Crippen molar-refractivity contribution in [3.63, 3.8) is 0 Å². The average molecular weight is 338 g/mol. The van der Waals surface area contributed by atoms with Gasteiger partial charge in [0.05, 0.1) is 0 Å². The summed E-state index contributed by atoms with van der Waals surface area (Å²) in [5.74, 6) is -0.108. The van der Waals surface area contributed by atoms with E-state index >= 15 is 0 Å². The van der Waals surface area contributed by atoms with Crippen LogP contribution in [0.4, 0.5) is 4.79 Å². The van der Waals surface area contributed by atoms with Gasteiger partial charge >= 0.3 is 6.03 Å². The van der Waals surface area contributed by atoms with Gasteiger partial charge < -0.3 is 16.0 Å². The van der Waals surface area contributed by atoms with E-state index < -0.39 is 0 Å². The predicted molar refractivity (Wildman–Crippen MR) is 91.3 cm³/mol. The van der Waals surface area contributed by atoms with E-state index in [4.69, 9.17) is 11.6 Å². The summed E-state index contributed by atoms with van der Waals surface area (Å²) >= 11 is 6.03. The molecule has 1 aliphatic rings. The molecule has 6 heteroatoms. The van der Waals surface area contributed by atoms with Crippen molar-refractivity contribution in [2.24, 2.45) is 0 Å². The van der Waals surface area contributed by atoms with E-state index in [9.17, 15) is 9.59 Å². The molecule has 0 heterocycles. The van der Waals surface area contributed by atoms with Crippen LogP contribution in [0.5, 0.6) is 0 Å². The van der Waals surface area contributed by atoms with Crippen molar-refractivity contribution in [2.75, 3.05) is 6.54 Å². The highest BCUT2D eigenvalue weighted by atomic mass is 35.5. The van der Waals surface area contributed by atoms with Crippen molar-refractivity contribution in [2.45, 2.75) is 51.1 Å². The molecule has 1 aromatic carbocycles. The molecule has 0 spiro atoms. The van der Waals surface area contributed by atoms with Gasteiger partial charge in [0.15, 0.2) is 0 Å². The number of benzene rings is 1. The van der Waals surface area contributed by atoms with Crippen LogP contribution in [-0.4, -0.2) is 24.5 Å². The molecule has 23 heavy (non-hydrogen) atoms. The first-order valence-electron chi connectivity index (χ1n) is 8.19. The molecule has 0 aromatic heterocycles. The first kappa shape index (κ1) is 17.6. The maximum absolute atomic E-state index is 11.8. The van der Waals surface area contributed by atoms with Crippen LogP contribution < -0.4 is 16.0 Å². The first-order chi connectivity index (χ1) is 11.1. The molecule has 2 rings (SSSR count). The van der Waals surface area contributed by atoms with Gasteiger partial charge in [-0.25, -0.2) is 4.79 Å². The second-order valence-electron chi connectivity index (χ2n) is 5.85. The van der Waals surface area contributed by atoms with Crippen molar-refractivity contribution in [3.05, 3.63) is 34.9 Å². The fraction of sp³-hybridized carbons (Fsp3) is 0.529. The molecule has 0 atom stereocenters. The van der Waals surface area contributed by atoms with E-state index in [1.165, 1.54) is 19.3 Å². The van der Waals surface area contributed by atoms with Gasteiger partial charge in [0, 0.05) is 30.6 Å². The standard InChI is InChI=1S/C17H24ClN3O2/c18-15-9-5-4-6-13(15)12-20-16(22)10-11-19-17(23)21-14-7-2-1-3-8-14/h4-6,9,14H,1-3,7-8,10-12H2,(H,20,22)(H2,19,21,23). The summed E-state index contributed by atoms with van der Waals surface area (Å²) in [6.45, 7) is 0.722. The molecule has 1 fully saturated rings. The van der Waals surface area contributed by atoms with Crippen LogP contribution in [0, 0.1) is 0 Å². The third-order valence-electron chi connectivity index (χ3n) is 4.01. The number of hydrogen-bond acceptors (Lipinski definition) is 2. The van der Waals surface area contributed by atoms with E-state index in [1.54, 1.807) is 6.07 Å². The van der Waals surface area contributed by atoms with Crippen molar-refractivity contribution in [1.82, 2.24) is 16.0 Å². The summed E-state index contributed by atoms with van der Waals surface area (Å²) in [5, 5.41) is 9.13. The lowest BCUT2D eigenvalue weighted by atomic mass is 9.96. The Bertz CT molecular complexity index is 530. The van der Waals surface area contributed by atoms with Crippen molar-refractivity contribution >= 4 is 23.5 Å². The van der Waals surface area contributed by atoms with Crippen LogP contribution in [0.2, 0.25) is 5.02 Å². The minimum Gasteiger partial charge on any atom is -0.352 e. The maximum Gasteiger partial charge on any atom is 0.315 e. The molecule has 0 unspecified atom stereocenters. The van der Waals surface area contributed by atoms with Gasteiger partial charge in [-0.1, -0.05) is 49.1 Å². The summed E-state index contributed by atoms with van der Waals surface area (Å²) < 4.78 is 0. The summed E-state index contributed by atoms with van der Waals surface area (Å²) in [5.41, 5.74) is 0.880. The molecule has 0 saturated heterocycles. The molecular formula is C17H24ClN3O2. The molecule has 0 radical (unpaired) electrons. The average Bonchev–Trinajstić information content (AvgIpc) is 2.55. The summed E-state index contributed by atoms with van der Waals surface area (Å²) in [6.07, 6.45) is 5.95. The predicted octanol–water partition coefficient (Wildman–Crippen LogP) is 2.98. The topological polar surface area (TPSA) is 70.2 Å². The number of rotatable bonds is 6. The first-order valence-corrected chi connectivity index (χ1v) is 8.57. The quantitative estimate of drug-likeness (QED) is 0.746. The van der Waals surface area contributed by atoms with Crippen molar-refractivity contribution in [3.8, 4) is 0 Å². The van der Waals surface area contributed by atoms with Gasteiger partial charge in [0.2, 0.25) is 5.91 Å². The van der Waals surface area contributed by atoms with E-state index in [0.717, 1.165) is 18.4 Å².